The SMILES string of the molecule is [CH2-]C(=O)OC(C)(C)C.[Y]. The Morgan fingerprint density at radius 3 is 1.78 bits per heavy atom. The maximum atomic E-state index is 10.1. The van der Waals surface area contributed by atoms with Crippen LogP contribution >= 0.6 is 0 Å². The summed E-state index contributed by atoms with van der Waals surface area (Å²) in [4.78, 5) is 10.1. The third-order valence-corrected chi connectivity index (χ3v) is 0.420. The van der Waals surface area contributed by atoms with Crippen LogP contribution in [-0.4, -0.2) is 11.6 Å². The number of hydrogen-bond donors (Lipinski definition) is 0. The fourth-order valence-electron chi connectivity index (χ4n) is 0.342. The summed E-state index contributed by atoms with van der Waals surface area (Å²) >= 11 is 0. The third kappa shape index (κ3) is 11.8. The minimum absolute atomic E-state index is 0. The Balaban J connectivity index is 0. The van der Waals surface area contributed by atoms with Crippen molar-refractivity contribution in [2.24, 2.45) is 0 Å². The quantitative estimate of drug-likeness (QED) is 0.437. The molecule has 2 nitrogen and oxygen atoms in total. The van der Waals surface area contributed by atoms with E-state index in [1.165, 1.54) is 0 Å². The van der Waals surface area contributed by atoms with Gasteiger partial charge in [0.25, 0.3) is 0 Å². The number of carbonyl (C=O) groups is 1. The zero-order valence-electron chi connectivity index (χ0n) is 6.10. The molecule has 0 heterocycles. The predicted molar refractivity (Wildman–Crippen MR) is 31.2 cm³/mol. The molecule has 0 saturated carbocycles. The van der Waals surface area contributed by atoms with Gasteiger partial charge in [0.2, 0.25) is 0 Å². The first-order chi connectivity index (χ1) is 3.42. The molecule has 1 radical (unpaired) electrons. The van der Waals surface area contributed by atoms with Crippen molar-refractivity contribution in [2.75, 3.05) is 0 Å². The largest absolute Gasteiger partial charge is 0.483 e. The number of carbonyl (C=O) groups excluding carboxylic acids is 1. The van der Waals surface area contributed by atoms with E-state index < -0.39 is 11.6 Å². The maximum Gasteiger partial charge on any atom is 0.165 e. The molecule has 0 aliphatic rings. The molecule has 9 heavy (non-hydrogen) atoms. The summed E-state index contributed by atoms with van der Waals surface area (Å²) in [5.41, 5.74) is -0.390. The van der Waals surface area contributed by atoms with Crippen molar-refractivity contribution in [3.05, 3.63) is 6.92 Å². The summed E-state index contributed by atoms with van der Waals surface area (Å²) in [5.74, 6) is -0.475. The molecule has 0 aromatic heterocycles. The summed E-state index contributed by atoms with van der Waals surface area (Å²) in [6.07, 6.45) is 0. The first kappa shape index (κ1) is 12.2. The van der Waals surface area contributed by atoms with Gasteiger partial charge in [-0.2, -0.15) is 0 Å². The predicted octanol–water partition coefficient (Wildman–Crippen LogP) is 1.16. The average Bonchev–Trinajstić information content (AvgIpc) is 1.21. The Bertz CT molecular complexity index is 93.7. The molecule has 0 rings (SSSR count). The molecule has 0 aliphatic heterocycles. The second kappa shape index (κ2) is 4.29. The van der Waals surface area contributed by atoms with Gasteiger partial charge in [-0.15, -0.1) is 0 Å². The van der Waals surface area contributed by atoms with Gasteiger partial charge >= 0.3 is 0 Å². The van der Waals surface area contributed by atoms with Gasteiger partial charge in [0, 0.05) is 32.7 Å². The van der Waals surface area contributed by atoms with Gasteiger partial charge in [0.1, 0.15) is 5.60 Å². The van der Waals surface area contributed by atoms with Gasteiger partial charge in [0.05, 0.1) is 0 Å². The molecule has 0 spiro atoms. The molecular weight excluding hydrogens is 193 g/mol. The van der Waals surface area contributed by atoms with E-state index in [1.54, 1.807) is 20.8 Å². The fourth-order valence-corrected chi connectivity index (χ4v) is 0.342. The summed E-state index contributed by atoms with van der Waals surface area (Å²) < 4.78 is 4.69. The Kier molecular flexibility index (Phi) is 5.79. The van der Waals surface area contributed by atoms with Crippen LogP contribution < -0.4 is 0 Å². The number of rotatable bonds is 0. The van der Waals surface area contributed by atoms with Gasteiger partial charge in [-0.3, -0.25) is 11.7 Å². The summed E-state index contributed by atoms with van der Waals surface area (Å²) in [5, 5.41) is 0. The van der Waals surface area contributed by atoms with E-state index in [9.17, 15) is 4.79 Å². The Hall–Kier alpha value is 0.444. The minimum atomic E-state index is -0.475. The molecule has 0 bridgehead atoms. The standard InChI is InChI=1S/C6H11O2.Y/c1-5(7)8-6(2,3)4;/h1H2,2-4H3;/q-1;. The van der Waals surface area contributed by atoms with Crippen LogP contribution in [0.25, 0.3) is 0 Å². The van der Waals surface area contributed by atoms with Crippen molar-refractivity contribution >= 4 is 5.97 Å². The second-order valence-corrected chi connectivity index (χ2v) is 2.59. The summed E-state index contributed by atoms with van der Waals surface area (Å²) in [6, 6.07) is 0. The molecule has 0 atom stereocenters. The summed E-state index contributed by atoms with van der Waals surface area (Å²) in [7, 11) is 0. The van der Waals surface area contributed by atoms with Crippen LogP contribution in [0.4, 0.5) is 0 Å². The van der Waals surface area contributed by atoms with Gasteiger partial charge in [0.15, 0.2) is 5.97 Å². The topological polar surface area (TPSA) is 26.3 Å². The van der Waals surface area contributed by atoms with E-state index in [0.717, 1.165) is 0 Å². The van der Waals surface area contributed by atoms with Crippen molar-refractivity contribution in [3.63, 3.8) is 0 Å². The zero-order valence-corrected chi connectivity index (χ0v) is 8.94. The van der Waals surface area contributed by atoms with E-state index in [4.69, 9.17) is 0 Å². The van der Waals surface area contributed by atoms with Crippen LogP contribution in [0.5, 0.6) is 0 Å². The Morgan fingerprint density at radius 2 is 1.78 bits per heavy atom. The van der Waals surface area contributed by atoms with E-state index in [2.05, 4.69) is 11.7 Å². The molecule has 0 aromatic rings. The molecule has 3 heteroatoms. The first-order valence-corrected chi connectivity index (χ1v) is 2.47. The molecular formula is C6H11O2Y-. The van der Waals surface area contributed by atoms with Crippen molar-refractivity contribution in [3.8, 4) is 0 Å². The molecule has 0 aliphatic carbocycles. The average molecular weight is 204 g/mol. The van der Waals surface area contributed by atoms with E-state index in [1.807, 2.05) is 0 Å². The van der Waals surface area contributed by atoms with Gasteiger partial charge < -0.3 is 4.74 Å². The Labute approximate surface area is 81.2 Å². The van der Waals surface area contributed by atoms with Crippen molar-refractivity contribution in [1.82, 2.24) is 0 Å². The van der Waals surface area contributed by atoms with Crippen LogP contribution in [0.15, 0.2) is 0 Å². The monoisotopic (exact) mass is 204 g/mol. The smallest absolute Gasteiger partial charge is 0.165 e. The van der Waals surface area contributed by atoms with Crippen molar-refractivity contribution < 1.29 is 42.2 Å². The number of hydrogen-bond acceptors (Lipinski definition) is 2. The molecule has 0 aromatic carbocycles. The van der Waals surface area contributed by atoms with E-state index in [-0.39, 0.29) is 32.7 Å². The molecule has 0 unspecified atom stereocenters. The zero-order chi connectivity index (χ0) is 6.78. The van der Waals surface area contributed by atoms with Gasteiger partial charge in [-0.1, -0.05) is 0 Å². The van der Waals surface area contributed by atoms with Gasteiger partial charge in [-0.25, -0.2) is 0 Å². The van der Waals surface area contributed by atoms with Crippen LogP contribution in [-0.2, 0) is 42.2 Å². The van der Waals surface area contributed by atoms with Crippen LogP contribution in [0.1, 0.15) is 20.8 Å². The maximum absolute atomic E-state index is 10.1. The molecule has 0 fully saturated rings. The van der Waals surface area contributed by atoms with Crippen LogP contribution in [0.2, 0.25) is 0 Å². The minimum Gasteiger partial charge on any atom is -0.483 e. The van der Waals surface area contributed by atoms with Crippen LogP contribution in [0.3, 0.4) is 0 Å². The van der Waals surface area contributed by atoms with Crippen LogP contribution in [0, 0.1) is 6.92 Å². The second-order valence-electron chi connectivity index (χ2n) is 2.59. The first-order valence-electron chi connectivity index (χ1n) is 2.47. The van der Waals surface area contributed by atoms with E-state index >= 15 is 0 Å². The molecule has 0 N–H and O–H groups in total. The fraction of sp³-hybridized carbons (Fsp3) is 0.667. The molecule has 51 valence electrons. The van der Waals surface area contributed by atoms with Crippen molar-refractivity contribution in [2.45, 2.75) is 26.4 Å². The van der Waals surface area contributed by atoms with Crippen molar-refractivity contribution in [1.29, 1.82) is 0 Å². The molecule has 0 saturated heterocycles. The van der Waals surface area contributed by atoms with Gasteiger partial charge in [-0.05, 0) is 20.8 Å². The number of ether oxygens (including phenoxy) is 1. The Morgan fingerprint density at radius 1 is 1.44 bits per heavy atom. The normalized spacial score (nSPS) is 9.67. The van der Waals surface area contributed by atoms with E-state index in [0.29, 0.717) is 0 Å². The molecule has 0 amide bonds. The third-order valence-electron chi connectivity index (χ3n) is 0.420. The number of esters is 1. The summed E-state index contributed by atoms with van der Waals surface area (Å²) in [6.45, 7) is 8.47.